The highest BCUT2D eigenvalue weighted by atomic mass is 16.5. The van der Waals surface area contributed by atoms with Crippen LogP contribution in [0.25, 0.3) is 11.0 Å². The molecular weight excluding hydrogens is 382 g/mol. The van der Waals surface area contributed by atoms with Crippen molar-refractivity contribution in [2.75, 3.05) is 33.3 Å². The van der Waals surface area contributed by atoms with Crippen LogP contribution in [0.4, 0.5) is 0 Å². The van der Waals surface area contributed by atoms with Gasteiger partial charge in [0.1, 0.15) is 17.4 Å². The van der Waals surface area contributed by atoms with E-state index in [1.807, 2.05) is 18.2 Å². The zero-order chi connectivity index (χ0) is 21.3. The molecule has 1 aliphatic heterocycles. The molecule has 156 valence electrons. The third kappa shape index (κ3) is 3.35. The van der Waals surface area contributed by atoms with Gasteiger partial charge < -0.3 is 19.0 Å². The van der Waals surface area contributed by atoms with Crippen molar-refractivity contribution in [3.05, 3.63) is 69.8 Å². The van der Waals surface area contributed by atoms with Crippen molar-refractivity contribution in [3.63, 3.8) is 0 Å². The number of hydrogen-bond acceptors (Lipinski definition) is 6. The molecule has 7 nitrogen and oxygen atoms in total. The summed E-state index contributed by atoms with van der Waals surface area (Å²) in [6.45, 7) is 7.14. The van der Waals surface area contributed by atoms with Crippen molar-refractivity contribution in [2.45, 2.75) is 19.9 Å². The number of methoxy groups -OCH3 is 1. The van der Waals surface area contributed by atoms with Gasteiger partial charge in [0.25, 0.3) is 5.91 Å². The summed E-state index contributed by atoms with van der Waals surface area (Å²) in [6, 6.07) is 9.99. The molecule has 1 aliphatic rings. The van der Waals surface area contributed by atoms with Gasteiger partial charge in [-0.25, -0.2) is 0 Å². The van der Waals surface area contributed by atoms with E-state index in [9.17, 15) is 9.59 Å². The van der Waals surface area contributed by atoms with Crippen molar-refractivity contribution in [1.29, 1.82) is 0 Å². The standard InChI is InChI=1S/C23H25N3O4/c1-4-25(5-2)12-13-26-20(17-8-6-7-11-24-17)19-21(27)16-10-9-15(29-3)14-18(16)30-22(19)23(26)28/h6-11,14,20H,4-5,12-13H2,1-3H3. The lowest BCUT2D eigenvalue weighted by Crippen LogP contribution is -2.38. The van der Waals surface area contributed by atoms with Crippen LogP contribution in [0.1, 0.15) is 41.7 Å². The van der Waals surface area contributed by atoms with E-state index in [2.05, 4.69) is 23.7 Å². The molecule has 0 bridgehead atoms. The van der Waals surface area contributed by atoms with Gasteiger partial charge in [-0.2, -0.15) is 0 Å². The van der Waals surface area contributed by atoms with E-state index in [4.69, 9.17) is 9.15 Å². The van der Waals surface area contributed by atoms with E-state index in [0.717, 1.165) is 13.1 Å². The molecule has 0 saturated carbocycles. The van der Waals surface area contributed by atoms with E-state index in [-0.39, 0.29) is 17.1 Å². The highest BCUT2D eigenvalue weighted by Crippen LogP contribution is 2.37. The van der Waals surface area contributed by atoms with Gasteiger partial charge in [-0.1, -0.05) is 19.9 Å². The Morgan fingerprint density at radius 3 is 2.63 bits per heavy atom. The number of rotatable bonds is 7. The number of pyridine rings is 1. The first kappa shape index (κ1) is 20.1. The Hall–Kier alpha value is -3.19. The van der Waals surface area contributed by atoms with Crippen LogP contribution in [0.3, 0.4) is 0 Å². The van der Waals surface area contributed by atoms with Gasteiger partial charge in [-0.15, -0.1) is 0 Å². The molecule has 0 N–H and O–H groups in total. The first-order chi connectivity index (χ1) is 14.6. The Morgan fingerprint density at radius 1 is 1.17 bits per heavy atom. The molecule has 2 aromatic heterocycles. The largest absolute Gasteiger partial charge is 0.497 e. The fraction of sp³-hybridized carbons (Fsp3) is 0.348. The molecule has 1 amide bonds. The quantitative estimate of drug-likeness (QED) is 0.599. The number of hydrogen-bond donors (Lipinski definition) is 0. The molecule has 7 heteroatoms. The Kier molecular flexibility index (Phi) is 5.55. The molecule has 0 aliphatic carbocycles. The smallest absolute Gasteiger partial charge is 0.291 e. The van der Waals surface area contributed by atoms with Gasteiger partial charge >= 0.3 is 0 Å². The highest BCUT2D eigenvalue weighted by molar-refractivity contribution is 5.99. The molecule has 4 rings (SSSR count). The second-order valence-electron chi connectivity index (χ2n) is 7.22. The summed E-state index contributed by atoms with van der Waals surface area (Å²) in [5.41, 5.74) is 1.15. The van der Waals surface area contributed by atoms with Crippen LogP contribution >= 0.6 is 0 Å². The molecular formula is C23H25N3O4. The number of carbonyl (C=O) groups is 1. The normalized spacial score (nSPS) is 15.8. The maximum atomic E-state index is 13.4. The Labute approximate surface area is 174 Å². The first-order valence-corrected chi connectivity index (χ1v) is 10.2. The second kappa shape index (κ2) is 8.28. The number of aromatic nitrogens is 1. The van der Waals surface area contributed by atoms with E-state index in [0.29, 0.717) is 41.1 Å². The zero-order valence-corrected chi connectivity index (χ0v) is 17.4. The lowest BCUT2D eigenvalue weighted by molar-refractivity contribution is 0.0705. The molecule has 1 unspecified atom stereocenters. The number of benzene rings is 1. The number of likely N-dealkylation sites (N-methyl/N-ethyl adjacent to an activating group) is 1. The lowest BCUT2D eigenvalue weighted by Gasteiger charge is -2.27. The topological polar surface area (TPSA) is 75.9 Å². The predicted octanol–water partition coefficient (Wildman–Crippen LogP) is 3.08. The SMILES string of the molecule is CCN(CC)CCN1C(=O)c2oc3cc(OC)ccc3c(=O)c2C1c1ccccn1. The molecule has 0 fully saturated rings. The molecule has 0 radical (unpaired) electrons. The maximum Gasteiger partial charge on any atom is 0.291 e. The molecule has 0 saturated heterocycles. The van der Waals surface area contributed by atoms with Crippen molar-refractivity contribution in [3.8, 4) is 5.75 Å². The first-order valence-electron chi connectivity index (χ1n) is 10.2. The van der Waals surface area contributed by atoms with Crippen LogP contribution in [-0.2, 0) is 0 Å². The van der Waals surface area contributed by atoms with Crippen LogP contribution < -0.4 is 10.2 Å². The summed E-state index contributed by atoms with van der Waals surface area (Å²) < 4.78 is 11.2. The maximum absolute atomic E-state index is 13.4. The lowest BCUT2D eigenvalue weighted by atomic mass is 10.0. The third-order valence-electron chi connectivity index (χ3n) is 5.69. The number of carbonyl (C=O) groups excluding carboxylic acids is 1. The predicted molar refractivity (Wildman–Crippen MR) is 114 cm³/mol. The molecule has 1 atom stereocenters. The number of nitrogens with zero attached hydrogens (tertiary/aromatic N) is 3. The average Bonchev–Trinajstić information content (AvgIpc) is 3.06. The van der Waals surface area contributed by atoms with Crippen LogP contribution in [0.15, 0.2) is 51.8 Å². The zero-order valence-electron chi connectivity index (χ0n) is 17.4. The Morgan fingerprint density at radius 2 is 1.97 bits per heavy atom. The molecule has 30 heavy (non-hydrogen) atoms. The fourth-order valence-electron chi connectivity index (χ4n) is 3.99. The van der Waals surface area contributed by atoms with Crippen LogP contribution in [0.5, 0.6) is 5.75 Å². The minimum Gasteiger partial charge on any atom is -0.497 e. The van der Waals surface area contributed by atoms with Gasteiger partial charge in [0.05, 0.1) is 23.8 Å². The summed E-state index contributed by atoms with van der Waals surface area (Å²) >= 11 is 0. The number of ether oxygens (including phenoxy) is 1. The van der Waals surface area contributed by atoms with Crippen LogP contribution in [0.2, 0.25) is 0 Å². The third-order valence-corrected chi connectivity index (χ3v) is 5.69. The van der Waals surface area contributed by atoms with Crippen molar-refractivity contribution < 1.29 is 13.9 Å². The van der Waals surface area contributed by atoms with Gasteiger partial charge in [0, 0.05) is 25.4 Å². The minimum absolute atomic E-state index is 0.0935. The van der Waals surface area contributed by atoms with Crippen LogP contribution in [-0.4, -0.2) is 54.0 Å². The van der Waals surface area contributed by atoms with E-state index >= 15 is 0 Å². The van der Waals surface area contributed by atoms with Gasteiger partial charge in [0.2, 0.25) is 5.76 Å². The highest BCUT2D eigenvalue weighted by Gasteiger charge is 2.43. The van der Waals surface area contributed by atoms with Gasteiger partial charge in [0.15, 0.2) is 5.43 Å². The minimum atomic E-state index is -0.563. The second-order valence-corrected chi connectivity index (χ2v) is 7.22. The molecule has 1 aromatic carbocycles. The summed E-state index contributed by atoms with van der Waals surface area (Å²) in [4.78, 5) is 35.2. The Balaban J connectivity index is 1.86. The molecule has 3 heterocycles. The molecule has 3 aromatic rings. The van der Waals surface area contributed by atoms with E-state index in [1.54, 1.807) is 36.4 Å². The Bertz CT molecular complexity index is 1120. The summed E-state index contributed by atoms with van der Waals surface area (Å²) in [5, 5.41) is 0.425. The average molecular weight is 407 g/mol. The van der Waals surface area contributed by atoms with Gasteiger partial charge in [-0.05, 0) is 37.4 Å². The van der Waals surface area contributed by atoms with Crippen molar-refractivity contribution >= 4 is 16.9 Å². The van der Waals surface area contributed by atoms with Crippen LogP contribution in [0, 0.1) is 0 Å². The molecule has 0 spiro atoms. The van der Waals surface area contributed by atoms with E-state index < -0.39 is 6.04 Å². The van der Waals surface area contributed by atoms with Crippen molar-refractivity contribution in [1.82, 2.24) is 14.8 Å². The fourth-order valence-corrected chi connectivity index (χ4v) is 3.99. The van der Waals surface area contributed by atoms with E-state index in [1.165, 1.54) is 0 Å². The summed E-state index contributed by atoms with van der Waals surface area (Å²) in [7, 11) is 1.55. The van der Waals surface area contributed by atoms with Gasteiger partial charge in [-0.3, -0.25) is 14.6 Å². The summed E-state index contributed by atoms with van der Waals surface area (Å²) in [6.07, 6.45) is 1.67. The monoisotopic (exact) mass is 407 g/mol. The van der Waals surface area contributed by atoms with Crippen molar-refractivity contribution in [2.24, 2.45) is 0 Å². The number of amides is 1. The number of fused-ring (bicyclic) bond motifs is 2. The summed E-state index contributed by atoms with van der Waals surface area (Å²) in [5.74, 6) is 0.376.